The predicted molar refractivity (Wildman–Crippen MR) is 103 cm³/mol. The van der Waals surface area contributed by atoms with E-state index in [2.05, 4.69) is 5.32 Å². The lowest BCUT2D eigenvalue weighted by Gasteiger charge is -2.30. The molecule has 0 aromatic heterocycles. The van der Waals surface area contributed by atoms with Crippen LogP contribution in [0.4, 0.5) is 5.69 Å². The maximum Gasteiger partial charge on any atom is 0.243 e. The van der Waals surface area contributed by atoms with Crippen LogP contribution in [0, 0.1) is 12.8 Å². The van der Waals surface area contributed by atoms with Crippen molar-refractivity contribution in [2.24, 2.45) is 5.92 Å². The summed E-state index contributed by atoms with van der Waals surface area (Å²) in [4.78, 5) is 12.6. The van der Waals surface area contributed by atoms with Crippen LogP contribution in [-0.4, -0.2) is 31.7 Å². The minimum Gasteiger partial charge on any atom is -0.326 e. The molecule has 1 heterocycles. The van der Waals surface area contributed by atoms with Crippen molar-refractivity contribution in [1.82, 2.24) is 4.31 Å². The van der Waals surface area contributed by atoms with Gasteiger partial charge in [-0.2, -0.15) is 4.31 Å². The zero-order chi connectivity index (χ0) is 18.7. The zero-order valence-corrected chi connectivity index (χ0v) is 16.1. The Morgan fingerprint density at radius 1 is 1.12 bits per heavy atom. The molecule has 3 rings (SSSR count). The van der Waals surface area contributed by atoms with Gasteiger partial charge in [-0.05, 0) is 55.7 Å². The third kappa shape index (κ3) is 4.26. The molecule has 2 aromatic rings. The lowest BCUT2D eigenvalue weighted by atomic mass is 9.97. The number of rotatable bonds is 4. The summed E-state index contributed by atoms with van der Waals surface area (Å²) >= 11 is 5.91. The molecule has 1 saturated heterocycles. The van der Waals surface area contributed by atoms with Crippen molar-refractivity contribution < 1.29 is 13.2 Å². The molecule has 0 saturated carbocycles. The van der Waals surface area contributed by atoms with Crippen molar-refractivity contribution in [3.63, 3.8) is 0 Å². The van der Waals surface area contributed by atoms with Gasteiger partial charge in [-0.3, -0.25) is 4.79 Å². The molecule has 0 atom stereocenters. The number of hydrogen-bond donors (Lipinski definition) is 1. The Morgan fingerprint density at radius 2 is 1.81 bits per heavy atom. The second-order valence-corrected chi connectivity index (χ2v) is 8.87. The Balaban J connectivity index is 1.62. The Bertz CT molecular complexity index is 907. The summed E-state index contributed by atoms with van der Waals surface area (Å²) < 4.78 is 26.8. The highest BCUT2D eigenvalue weighted by molar-refractivity contribution is 7.89. The van der Waals surface area contributed by atoms with Gasteiger partial charge in [0.25, 0.3) is 0 Å². The van der Waals surface area contributed by atoms with Gasteiger partial charge in [0.15, 0.2) is 0 Å². The lowest BCUT2D eigenvalue weighted by molar-refractivity contribution is -0.120. The van der Waals surface area contributed by atoms with E-state index in [1.807, 2.05) is 31.2 Å². The van der Waals surface area contributed by atoms with E-state index in [0.717, 1.165) is 11.3 Å². The number of aryl methyl sites for hydroxylation is 1. The fourth-order valence-corrected chi connectivity index (χ4v) is 4.87. The summed E-state index contributed by atoms with van der Waals surface area (Å²) in [5, 5.41) is 3.31. The van der Waals surface area contributed by atoms with Gasteiger partial charge in [0.2, 0.25) is 15.9 Å². The van der Waals surface area contributed by atoms with E-state index >= 15 is 0 Å². The van der Waals surface area contributed by atoms with Gasteiger partial charge >= 0.3 is 0 Å². The number of piperidine rings is 1. The highest BCUT2D eigenvalue weighted by Gasteiger charge is 2.32. The lowest BCUT2D eigenvalue weighted by Crippen LogP contribution is -2.41. The minimum atomic E-state index is -3.58. The summed E-state index contributed by atoms with van der Waals surface area (Å²) in [6.07, 6.45) is 0.995. The van der Waals surface area contributed by atoms with Crippen LogP contribution < -0.4 is 5.32 Å². The molecule has 0 spiro atoms. The predicted octanol–water partition coefficient (Wildman–Crippen LogP) is 3.69. The molecule has 0 radical (unpaired) electrons. The number of hydrogen-bond acceptors (Lipinski definition) is 3. The van der Waals surface area contributed by atoms with Crippen molar-refractivity contribution in [3.8, 4) is 0 Å². The topological polar surface area (TPSA) is 66.5 Å². The Morgan fingerprint density at radius 3 is 2.46 bits per heavy atom. The van der Waals surface area contributed by atoms with Gasteiger partial charge in [-0.1, -0.05) is 29.8 Å². The standard InChI is InChI=1S/C19H21ClN2O3S/c1-14-4-2-6-17(12-14)21-19(23)15-8-10-22(11-9-15)26(24,25)18-7-3-5-16(20)13-18/h2-7,12-13,15H,8-11H2,1H3,(H,21,23). The monoisotopic (exact) mass is 392 g/mol. The Labute approximate surface area is 159 Å². The second-order valence-electron chi connectivity index (χ2n) is 6.49. The molecule has 5 nitrogen and oxygen atoms in total. The number of anilines is 1. The molecule has 2 aromatic carbocycles. The normalized spacial score (nSPS) is 16.4. The third-order valence-electron chi connectivity index (χ3n) is 4.54. The number of halogens is 1. The quantitative estimate of drug-likeness (QED) is 0.862. The Kier molecular flexibility index (Phi) is 5.65. The molecular formula is C19H21ClN2O3S. The van der Waals surface area contributed by atoms with E-state index in [1.54, 1.807) is 12.1 Å². The fourth-order valence-electron chi connectivity index (χ4n) is 3.10. The molecule has 1 amide bonds. The molecule has 0 unspecified atom stereocenters. The molecule has 1 N–H and O–H groups in total. The number of sulfonamides is 1. The van der Waals surface area contributed by atoms with Gasteiger partial charge < -0.3 is 5.32 Å². The first-order chi connectivity index (χ1) is 12.4. The van der Waals surface area contributed by atoms with Crippen LogP contribution in [0.2, 0.25) is 5.02 Å². The summed E-state index contributed by atoms with van der Waals surface area (Å²) in [6.45, 7) is 2.61. The summed E-state index contributed by atoms with van der Waals surface area (Å²) in [5.74, 6) is -0.253. The highest BCUT2D eigenvalue weighted by atomic mass is 35.5. The third-order valence-corrected chi connectivity index (χ3v) is 6.67. The van der Waals surface area contributed by atoms with Crippen LogP contribution >= 0.6 is 11.6 Å². The van der Waals surface area contributed by atoms with Crippen molar-refractivity contribution in [1.29, 1.82) is 0 Å². The molecule has 7 heteroatoms. The first-order valence-electron chi connectivity index (χ1n) is 8.49. The van der Waals surface area contributed by atoms with Gasteiger partial charge in [-0.25, -0.2) is 8.42 Å². The largest absolute Gasteiger partial charge is 0.326 e. The first-order valence-corrected chi connectivity index (χ1v) is 10.3. The average molecular weight is 393 g/mol. The fraction of sp³-hybridized carbons (Fsp3) is 0.316. The highest BCUT2D eigenvalue weighted by Crippen LogP contribution is 2.26. The molecule has 0 bridgehead atoms. The van der Waals surface area contributed by atoms with Crippen LogP contribution in [-0.2, 0) is 14.8 Å². The van der Waals surface area contributed by atoms with Crippen LogP contribution in [0.5, 0.6) is 0 Å². The maximum atomic E-state index is 12.7. The SMILES string of the molecule is Cc1cccc(NC(=O)C2CCN(S(=O)(=O)c3cccc(Cl)c3)CC2)c1. The minimum absolute atomic E-state index is 0.0598. The van der Waals surface area contributed by atoms with Gasteiger partial charge in [-0.15, -0.1) is 0 Å². The summed E-state index contributed by atoms with van der Waals surface area (Å²) in [6, 6.07) is 13.9. The average Bonchev–Trinajstić information content (AvgIpc) is 2.62. The smallest absolute Gasteiger partial charge is 0.243 e. The Hall–Kier alpha value is -1.89. The molecule has 1 aliphatic heterocycles. The van der Waals surface area contributed by atoms with Crippen molar-refractivity contribution in [3.05, 3.63) is 59.1 Å². The number of nitrogens with one attached hydrogen (secondary N) is 1. The van der Waals surface area contributed by atoms with Crippen LogP contribution in [0.15, 0.2) is 53.4 Å². The molecular weight excluding hydrogens is 372 g/mol. The van der Waals surface area contributed by atoms with Crippen molar-refractivity contribution >= 4 is 33.2 Å². The zero-order valence-electron chi connectivity index (χ0n) is 14.5. The van der Waals surface area contributed by atoms with E-state index < -0.39 is 10.0 Å². The molecule has 1 aliphatic rings. The summed E-state index contributed by atoms with van der Waals surface area (Å²) in [5.41, 5.74) is 1.84. The first kappa shape index (κ1) is 18.9. The molecule has 0 aliphatic carbocycles. The van der Waals surface area contributed by atoms with Gasteiger partial charge in [0, 0.05) is 29.7 Å². The second kappa shape index (κ2) is 7.78. The maximum absolute atomic E-state index is 12.7. The van der Waals surface area contributed by atoms with E-state index in [4.69, 9.17) is 11.6 Å². The number of nitrogens with zero attached hydrogens (tertiary/aromatic N) is 1. The van der Waals surface area contributed by atoms with Crippen LogP contribution in [0.25, 0.3) is 0 Å². The van der Waals surface area contributed by atoms with Crippen LogP contribution in [0.1, 0.15) is 18.4 Å². The van der Waals surface area contributed by atoms with E-state index in [0.29, 0.717) is 31.0 Å². The van der Waals surface area contributed by atoms with E-state index in [-0.39, 0.29) is 16.7 Å². The number of amides is 1. The molecule has 138 valence electrons. The van der Waals surface area contributed by atoms with E-state index in [1.165, 1.54) is 16.4 Å². The number of benzene rings is 2. The molecule has 26 heavy (non-hydrogen) atoms. The number of carbonyl (C=O) groups excluding carboxylic acids is 1. The van der Waals surface area contributed by atoms with Gasteiger partial charge in [0.1, 0.15) is 0 Å². The van der Waals surface area contributed by atoms with Gasteiger partial charge in [0.05, 0.1) is 4.90 Å². The summed E-state index contributed by atoms with van der Waals surface area (Å²) in [7, 11) is -3.58. The van der Waals surface area contributed by atoms with E-state index in [9.17, 15) is 13.2 Å². The van der Waals surface area contributed by atoms with Crippen molar-refractivity contribution in [2.75, 3.05) is 18.4 Å². The van der Waals surface area contributed by atoms with Crippen molar-refractivity contribution in [2.45, 2.75) is 24.7 Å². The number of carbonyl (C=O) groups is 1. The molecule has 1 fully saturated rings. The van der Waals surface area contributed by atoms with Crippen LogP contribution in [0.3, 0.4) is 0 Å².